The van der Waals surface area contributed by atoms with Gasteiger partial charge in [-0.05, 0) is 23.6 Å². The highest BCUT2D eigenvalue weighted by atomic mass is 16.1. The molecule has 1 rings (SSSR count). The third-order valence-corrected chi connectivity index (χ3v) is 2.03. The van der Waals surface area contributed by atoms with Crippen LogP contribution in [0.1, 0.15) is 38.7 Å². The van der Waals surface area contributed by atoms with Gasteiger partial charge in [0.05, 0.1) is 0 Å². The standard InChI is InChI=1S/C10H15N.C3H6O/c1-8(2)9-4-6-10(11-3)7-5-9;1-2-3-4/h4-8,11H,1-3H3;3H,2H2,1H3. The van der Waals surface area contributed by atoms with Crippen LogP contribution in [0.5, 0.6) is 0 Å². The molecular weight excluding hydrogens is 186 g/mol. The molecule has 0 saturated carbocycles. The predicted octanol–water partition coefficient (Wildman–Crippen LogP) is 3.45. The highest BCUT2D eigenvalue weighted by Crippen LogP contribution is 2.16. The lowest BCUT2D eigenvalue weighted by Crippen LogP contribution is -1.90. The largest absolute Gasteiger partial charge is 0.388 e. The summed E-state index contributed by atoms with van der Waals surface area (Å²) in [6, 6.07) is 8.54. The maximum Gasteiger partial charge on any atom is 0.119 e. The zero-order valence-electron chi connectivity index (χ0n) is 10.1. The first-order chi connectivity index (χ1) is 7.15. The van der Waals surface area contributed by atoms with Crippen LogP contribution in [0.2, 0.25) is 0 Å². The molecule has 0 aliphatic rings. The van der Waals surface area contributed by atoms with Gasteiger partial charge < -0.3 is 10.1 Å². The third kappa shape index (κ3) is 5.89. The average Bonchev–Trinajstić information content (AvgIpc) is 2.29. The van der Waals surface area contributed by atoms with Crippen LogP contribution in [-0.4, -0.2) is 13.3 Å². The molecule has 2 heteroatoms. The second-order valence-electron chi connectivity index (χ2n) is 3.60. The van der Waals surface area contributed by atoms with E-state index in [9.17, 15) is 4.79 Å². The minimum atomic E-state index is 0.626. The van der Waals surface area contributed by atoms with Gasteiger partial charge in [0.1, 0.15) is 6.29 Å². The Morgan fingerprint density at radius 3 is 2.00 bits per heavy atom. The van der Waals surface area contributed by atoms with Crippen molar-refractivity contribution >= 4 is 12.0 Å². The number of carbonyl (C=O) groups excluding carboxylic acids is 1. The van der Waals surface area contributed by atoms with E-state index in [1.807, 2.05) is 14.0 Å². The summed E-state index contributed by atoms with van der Waals surface area (Å²) >= 11 is 0. The Morgan fingerprint density at radius 2 is 1.73 bits per heavy atom. The monoisotopic (exact) mass is 207 g/mol. The Hall–Kier alpha value is -1.31. The van der Waals surface area contributed by atoms with E-state index in [2.05, 4.69) is 43.4 Å². The smallest absolute Gasteiger partial charge is 0.119 e. The van der Waals surface area contributed by atoms with Crippen molar-refractivity contribution in [2.24, 2.45) is 0 Å². The molecule has 0 aromatic heterocycles. The van der Waals surface area contributed by atoms with Crippen molar-refractivity contribution in [2.75, 3.05) is 12.4 Å². The number of benzene rings is 1. The van der Waals surface area contributed by atoms with E-state index in [1.165, 1.54) is 11.3 Å². The van der Waals surface area contributed by atoms with Crippen LogP contribution >= 0.6 is 0 Å². The molecule has 0 unspecified atom stereocenters. The highest BCUT2D eigenvalue weighted by molar-refractivity contribution is 5.48. The number of rotatable bonds is 3. The van der Waals surface area contributed by atoms with Gasteiger partial charge in [-0.15, -0.1) is 0 Å². The quantitative estimate of drug-likeness (QED) is 0.769. The Labute approximate surface area is 92.7 Å². The van der Waals surface area contributed by atoms with Crippen molar-refractivity contribution in [1.29, 1.82) is 0 Å². The summed E-state index contributed by atoms with van der Waals surface area (Å²) in [4.78, 5) is 9.17. The molecule has 2 nitrogen and oxygen atoms in total. The Morgan fingerprint density at radius 1 is 1.27 bits per heavy atom. The molecule has 0 bridgehead atoms. The first kappa shape index (κ1) is 13.7. The van der Waals surface area contributed by atoms with Gasteiger partial charge in [-0.3, -0.25) is 0 Å². The number of aldehydes is 1. The SMILES string of the molecule is CCC=O.CNc1ccc(C(C)C)cc1. The van der Waals surface area contributed by atoms with Crippen molar-refractivity contribution in [3.05, 3.63) is 29.8 Å². The number of hydrogen-bond acceptors (Lipinski definition) is 2. The molecule has 0 amide bonds. The maximum atomic E-state index is 9.17. The van der Waals surface area contributed by atoms with Gasteiger partial charge in [-0.2, -0.15) is 0 Å². The van der Waals surface area contributed by atoms with Crippen LogP contribution in [0.25, 0.3) is 0 Å². The highest BCUT2D eigenvalue weighted by Gasteiger charge is 1.96. The van der Waals surface area contributed by atoms with Gasteiger partial charge in [0.15, 0.2) is 0 Å². The number of nitrogens with one attached hydrogen (secondary N) is 1. The van der Waals surface area contributed by atoms with Gasteiger partial charge >= 0.3 is 0 Å². The van der Waals surface area contributed by atoms with Crippen molar-refractivity contribution in [2.45, 2.75) is 33.1 Å². The van der Waals surface area contributed by atoms with Crippen molar-refractivity contribution in [3.8, 4) is 0 Å². The second-order valence-corrected chi connectivity index (χ2v) is 3.60. The fourth-order valence-corrected chi connectivity index (χ4v) is 1.03. The molecule has 15 heavy (non-hydrogen) atoms. The predicted molar refractivity (Wildman–Crippen MR) is 66.4 cm³/mol. The molecule has 0 heterocycles. The molecule has 0 aliphatic heterocycles. The van der Waals surface area contributed by atoms with Crippen molar-refractivity contribution in [3.63, 3.8) is 0 Å². The van der Waals surface area contributed by atoms with E-state index in [0.29, 0.717) is 12.3 Å². The zero-order valence-corrected chi connectivity index (χ0v) is 10.1. The van der Waals surface area contributed by atoms with Crippen molar-refractivity contribution < 1.29 is 4.79 Å². The first-order valence-electron chi connectivity index (χ1n) is 5.37. The summed E-state index contributed by atoms with van der Waals surface area (Å²) < 4.78 is 0. The fourth-order valence-electron chi connectivity index (χ4n) is 1.03. The van der Waals surface area contributed by atoms with Crippen LogP contribution in [0, 0.1) is 0 Å². The molecule has 84 valence electrons. The molecule has 0 saturated heterocycles. The van der Waals surface area contributed by atoms with Gasteiger partial charge in [-0.25, -0.2) is 0 Å². The summed E-state index contributed by atoms with van der Waals surface area (Å²) in [5, 5.41) is 3.09. The molecule has 0 radical (unpaired) electrons. The van der Waals surface area contributed by atoms with Crippen molar-refractivity contribution in [1.82, 2.24) is 0 Å². The summed E-state index contributed by atoms with van der Waals surface area (Å²) in [5.74, 6) is 0.626. The Bertz CT molecular complexity index is 264. The van der Waals surface area contributed by atoms with Gasteiger partial charge in [0.2, 0.25) is 0 Å². The average molecular weight is 207 g/mol. The van der Waals surface area contributed by atoms with Crippen LogP contribution in [0.15, 0.2) is 24.3 Å². The molecule has 1 N–H and O–H groups in total. The summed E-state index contributed by atoms with van der Waals surface area (Å²) in [6.07, 6.45) is 1.51. The maximum absolute atomic E-state index is 9.17. The molecule has 0 atom stereocenters. The number of anilines is 1. The van der Waals surface area contributed by atoms with E-state index in [-0.39, 0.29) is 0 Å². The lowest BCUT2D eigenvalue weighted by atomic mass is 10.0. The summed E-state index contributed by atoms with van der Waals surface area (Å²) in [7, 11) is 1.93. The molecule has 1 aromatic carbocycles. The molecule has 0 aliphatic carbocycles. The zero-order chi connectivity index (χ0) is 11.7. The molecule has 1 aromatic rings. The van der Waals surface area contributed by atoms with Crippen LogP contribution < -0.4 is 5.32 Å². The van der Waals surface area contributed by atoms with E-state index < -0.39 is 0 Å². The molecule has 0 fully saturated rings. The minimum Gasteiger partial charge on any atom is -0.388 e. The van der Waals surface area contributed by atoms with Crippen LogP contribution in [0.4, 0.5) is 5.69 Å². The number of carbonyl (C=O) groups is 1. The van der Waals surface area contributed by atoms with Crippen LogP contribution in [-0.2, 0) is 4.79 Å². The third-order valence-electron chi connectivity index (χ3n) is 2.03. The van der Waals surface area contributed by atoms with Crippen LogP contribution in [0.3, 0.4) is 0 Å². The van der Waals surface area contributed by atoms with E-state index in [4.69, 9.17) is 0 Å². The van der Waals surface area contributed by atoms with E-state index in [0.717, 1.165) is 6.29 Å². The normalized spacial score (nSPS) is 9.13. The Kier molecular flexibility index (Phi) is 7.33. The first-order valence-corrected chi connectivity index (χ1v) is 5.37. The van der Waals surface area contributed by atoms with E-state index >= 15 is 0 Å². The number of hydrogen-bond donors (Lipinski definition) is 1. The van der Waals surface area contributed by atoms with Gasteiger partial charge in [0, 0.05) is 19.2 Å². The lowest BCUT2D eigenvalue weighted by molar-refractivity contribution is -0.107. The molecular formula is C13H21NO. The summed E-state index contributed by atoms with van der Waals surface area (Å²) in [6.45, 7) is 6.22. The van der Waals surface area contributed by atoms with E-state index in [1.54, 1.807) is 0 Å². The van der Waals surface area contributed by atoms with Gasteiger partial charge in [-0.1, -0.05) is 32.9 Å². The fraction of sp³-hybridized carbons (Fsp3) is 0.462. The minimum absolute atomic E-state index is 0.626. The topological polar surface area (TPSA) is 29.1 Å². The lowest BCUT2D eigenvalue weighted by Gasteiger charge is -2.05. The second kappa shape index (κ2) is 8.04. The molecule has 0 spiro atoms. The Balaban J connectivity index is 0.000000423. The summed E-state index contributed by atoms with van der Waals surface area (Å²) in [5.41, 5.74) is 2.57. The van der Waals surface area contributed by atoms with Gasteiger partial charge in [0.25, 0.3) is 0 Å².